The molecule has 0 saturated carbocycles. The molecule has 0 amide bonds. The van der Waals surface area contributed by atoms with E-state index in [4.69, 9.17) is 4.74 Å². The van der Waals surface area contributed by atoms with Gasteiger partial charge in [-0.3, -0.25) is 10.1 Å². The highest BCUT2D eigenvalue weighted by atomic mass is 16.6. The predicted molar refractivity (Wildman–Crippen MR) is 58.3 cm³/mol. The third-order valence-electron chi connectivity index (χ3n) is 1.85. The van der Waals surface area contributed by atoms with E-state index in [0.717, 1.165) is 11.3 Å². The quantitative estimate of drug-likeness (QED) is 0.563. The van der Waals surface area contributed by atoms with Crippen LogP contribution in [0.2, 0.25) is 0 Å². The summed E-state index contributed by atoms with van der Waals surface area (Å²) in [5.74, 6) is 0.772. The van der Waals surface area contributed by atoms with Crippen LogP contribution in [0.5, 0.6) is 5.75 Å². The fourth-order valence-corrected chi connectivity index (χ4v) is 1.12. The molecule has 80 valence electrons. The van der Waals surface area contributed by atoms with Crippen molar-refractivity contribution in [3.8, 4) is 5.75 Å². The van der Waals surface area contributed by atoms with Gasteiger partial charge in [0.1, 0.15) is 5.75 Å². The van der Waals surface area contributed by atoms with Crippen LogP contribution in [-0.4, -0.2) is 11.5 Å². The van der Waals surface area contributed by atoms with E-state index in [1.54, 1.807) is 24.3 Å². The van der Waals surface area contributed by atoms with Crippen molar-refractivity contribution >= 4 is 6.08 Å². The molecule has 1 aromatic carbocycles. The number of rotatable bonds is 4. The molecule has 1 aromatic rings. The van der Waals surface area contributed by atoms with E-state index in [0.29, 0.717) is 6.61 Å². The van der Waals surface area contributed by atoms with E-state index in [1.807, 2.05) is 6.92 Å². The van der Waals surface area contributed by atoms with Crippen LogP contribution in [-0.2, 0) is 0 Å². The molecule has 0 heterocycles. The summed E-state index contributed by atoms with van der Waals surface area (Å²) in [6, 6.07) is 7.17. The Bertz CT molecular complexity index is 368. The first-order chi connectivity index (χ1) is 7.13. The summed E-state index contributed by atoms with van der Waals surface area (Å²) < 4.78 is 5.26. The van der Waals surface area contributed by atoms with E-state index in [-0.39, 0.29) is 5.70 Å². The van der Waals surface area contributed by atoms with Crippen molar-refractivity contribution in [3.63, 3.8) is 0 Å². The molecular weight excluding hydrogens is 194 g/mol. The van der Waals surface area contributed by atoms with Gasteiger partial charge in [-0.05, 0) is 24.6 Å². The third-order valence-corrected chi connectivity index (χ3v) is 1.85. The normalized spacial score (nSPS) is 11.2. The van der Waals surface area contributed by atoms with Gasteiger partial charge in [-0.15, -0.1) is 0 Å². The zero-order chi connectivity index (χ0) is 11.3. The Morgan fingerprint density at radius 2 is 2.07 bits per heavy atom. The van der Waals surface area contributed by atoms with Gasteiger partial charge in [0, 0.05) is 13.0 Å². The zero-order valence-corrected chi connectivity index (χ0v) is 8.77. The van der Waals surface area contributed by atoms with Crippen molar-refractivity contribution in [1.29, 1.82) is 0 Å². The summed E-state index contributed by atoms with van der Waals surface area (Å²) in [5, 5.41) is 10.4. The lowest BCUT2D eigenvalue weighted by Crippen LogP contribution is -1.93. The van der Waals surface area contributed by atoms with Gasteiger partial charge in [0.15, 0.2) is 0 Å². The zero-order valence-electron chi connectivity index (χ0n) is 8.77. The Hall–Kier alpha value is -1.84. The van der Waals surface area contributed by atoms with Crippen molar-refractivity contribution in [2.45, 2.75) is 13.8 Å². The summed E-state index contributed by atoms with van der Waals surface area (Å²) >= 11 is 0. The van der Waals surface area contributed by atoms with Crippen LogP contribution in [0.3, 0.4) is 0 Å². The first-order valence-electron chi connectivity index (χ1n) is 4.69. The highest BCUT2D eigenvalue weighted by Crippen LogP contribution is 2.14. The molecule has 0 aromatic heterocycles. The average molecular weight is 207 g/mol. The topological polar surface area (TPSA) is 52.4 Å². The number of hydrogen-bond donors (Lipinski definition) is 0. The molecule has 0 fully saturated rings. The Kier molecular flexibility index (Phi) is 3.85. The molecule has 0 aliphatic rings. The van der Waals surface area contributed by atoms with Gasteiger partial charge >= 0.3 is 0 Å². The summed E-state index contributed by atoms with van der Waals surface area (Å²) in [7, 11) is 0. The second-order valence-corrected chi connectivity index (χ2v) is 3.04. The van der Waals surface area contributed by atoms with Crippen molar-refractivity contribution in [2.24, 2.45) is 0 Å². The number of allylic oxidation sites excluding steroid dienone is 1. The molecule has 0 aliphatic carbocycles. The Balaban J connectivity index is 2.80. The standard InChI is InChI=1S/C11H13NO3/c1-3-15-11-6-4-10(5-7-11)8-9(2)12(13)14/h4-8H,3H2,1-2H3/b9-8+. The second kappa shape index (κ2) is 5.14. The molecule has 0 N–H and O–H groups in total. The number of nitrogens with zero attached hydrogens (tertiary/aromatic N) is 1. The van der Waals surface area contributed by atoms with Crippen LogP contribution < -0.4 is 4.74 Å². The first-order valence-corrected chi connectivity index (χ1v) is 4.69. The van der Waals surface area contributed by atoms with Crippen molar-refractivity contribution < 1.29 is 9.66 Å². The maximum Gasteiger partial charge on any atom is 0.243 e. The molecule has 0 aliphatic heterocycles. The molecule has 0 unspecified atom stereocenters. The Morgan fingerprint density at radius 1 is 1.47 bits per heavy atom. The Morgan fingerprint density at radius 3 is 2.53 bits per heavy atom. The fourth-order valence-electron chi connectivity index (χ4n) is 1.12. The monoisotopic (exact) mass is 207 g/mol. The molecule has 1 rings (SSSR count). The smallest absolute Gasteiger partial charge is 0.243 e. The van der Waals surface area contributed by atoms with Gasteiger partial charge in [0.2, 0.25) is 5.70 Å². The highest BCUT2D eigenvalue weighted by molar-refractivity contribution is 5.51. The molecule has 4 heteroatoms. The molecule has 0 bridgehead atoms. The van der Waals surface area contributed by atoms with E-state index in [1.165, 1.54) is 13.0 Å². The lowest BCUT2D eigenvalue weighted by Gasteiger charge is -2.02. The van der Waals surface area contributed by atoms with Gasteiger partial charge < -0.3 is 4.74 Å². The fraction of sp³-hybridized carbons (Fsp3) is 0.273. The van der Waals surface area contributed by atoms with E-state index < -0.39 is 4.92 Å². The van der Waals surface area contributed by atoms with Gasteiger partial charge in [-0.2, -0.15) is 0 Å². The average Bonchev–Trinajstić information content (AvgIpc) is 2.21. The first kappa shape index (κ1) is 11.2. The largest absolute Gasteiger partial charge is 0.494 e. The number of benzene rings is 1. The maximum atomic E-state index is 10.4. The van der Waals surface area contributed by atoms with Crippen molar-refractivity contribution in [2.75, 3.05) is 6.61 Å². The van der Waals surface area contributed by atoms with Gasteiger partial charge in [0.25, 0.3) is 0 Å². The van der Waals surface area contributed by atoms with Gasteiger partial charge in [-0.25, -0.2) is 0 Å². The number of ether oxygens (including phenoxy) is 1. The van der Waals surface area contributed by atoms with Gasteiger partial charge in [-0.1, -0.05) is 12.1 Å². The molecule has 4 nitrogen and oxygen atoms in total. The molecule has 0 atom stereocenters. The summed E-state index contributed by atoms with van der Waals surface area (Å²) in [6.45, 7) is 3.99. The summed E-state index contributed by atoms with van der Waals surface area (Å²) in [5.41, 5.74) is 0.923. The summed E-state index contributed by atoms with van der Waals surface area (Å²) in [6.07, 6.45) is 1.52. The minimum atomic E-state index is -0.406. The minimum absolute atomic E-state index is 0.124. The molecule has 0 saturated heterocycles. The lowest BCUT2D eigenvalue weighted by atomic mass is 10.2. The number of hydrogen-bond acceptors (Lipinski definition) is 3. The molecular formula is C11H13NO3. The van der Waals surface area contributed by atoms with Crippen LogP contribution in [0.25, 0.3) is 6.08 Å². The maximum absolute atomic E-state index is 10.4. The third kappa shape index (κ3) is 3.42. The molecule has 0 spiro atoms. The second-order valence-electron chi connectivity index (χ2n) is 3.04. The van der Waals surface area contributed by atoms with E-state index in [9.17, 15) is 10.1 Å². The van der Waals surface area contributed by atoms with Crippen molar-refractivity contribution in [3.05, 3.63) is 45.6 Å². The molecule has 0 radical (unpaired) electrons. The minimum Gasteiger partial charge on any atom is -0.494 e. The van der Waals surface area contributed by atoms with Crippen LogP contribution in [0.15, 0.2) is 30.0 Å². The molecule has 15 heavy (non-hydrogen) atoms. The van der Waals surface area contributed by atoms with Crippen molar-refractivity contribution in [1.82, 2.24) is 0 Å². The Labute approximate surface area is 88.3 Å². The van der Waals surface area contributed by atoms with E-state index >= 15 is 0 Å². The highest BCUT2D eigenvalue weighted by Gasteiger charge is 2.01. The predicted octanol–water partition coefficient (Wildman–Crippen LogP) is 2.72. The lowest BCUT2D eigenvalue weighted by molar-refractivity contribution is -0.422. The van der Waals surface area contributed by atoms with Crippen LogP contribution in [0, 0.1) is 10.1 Å². The van der Waals surface area contributed by atoms with Crippen LogP contribution in [0.4, 0.5) is 0 Å². The summed E-state index contributed by atoms with van der Waals surface area (Å²) in [4.78, 5) is 9.98. The van der Waals surface area contributed by atoms with E-state index in [2.05, 4.69) is 0 Å². The van der Waals surface area contributed by atoms with Crippen LogP contribution >= 0.6 is 0 Å². The number of nitro groups is 1. The SMILES string of the molecule is CCOc1ccc(/C=C(\C)[N+](=O)[O-])cc1. The van der Waals surface area contributed by atoms with Crippen LogP contribution in [0.1, 0.15) is 19.4 Å². The van der Waals surface area contributed by atoms with Gasteiger partial charge in [0.05, 0.1) is 11.5 Å².